The molecule has 1 aliphatic heterocycles. The summed E-state index contributed by atoms with van der Waals surface area (Å²) in [6.45, 7) is 1.55. The molecule has 0 bridgehead atoms. The van der Waals surface area contributed by atoms with Gasteiger partial charge in [0.15, 0.2) is 0 Å². The van der Waals surface area contributed by atoms with Gasteiger partial charge in [-0.15, -0.1) is 0 Å². The Morgan fingerprint density at radius 1 is 1.33 bits per heavy atom. The summed E-state index contributed by atoms with van der Waals surface area (Å²) in [5, 5.41) is 0. The fraction of sp³-hybridized carbons (Fsp3) is 0.308. The van der Waals surface area contributed by atoms with E-state index in [4.69, 9.17) is 10.5 Å². The minimum absolute atomic E-state index is 0.670. The Morgan fingerprint density at radius 3 is 2.67 bits per heavy atom. The zero-order chi connectivity index (χ0) is 12.8. The van der Waals surface area contributed by atoms with E-state index < -0.39 is 0 Å². The molecule has 0 fully saturated rings. The highest BCUT2D eigenvalue weighted by Crippen LogP contribution is 2.28. The van der Waals surface area contributed by atoms with Crippen LogP contribution in [0.2, 0.25) is 0 Å². The lowest BCUT2D eigenvalue weighted by atomic mass is 10.2. The molecule has 0 spiro atoms. The fourth-order valence-electron chi connectivity index (χ4n) is 1.80. The number of ether oxygens (including phenoxy) is 1. The molecule has 2 N–H and O–H groups in total. The van der Waals surface area contributed by atoms with Crippen LogP contribution in [0.15, 0.2) is 41.7 Å². The van der Waals surface area contributed by atoms with E-state index in [0.717, 1.165) is 18.0 Å². The largest absolute Gasteiger partial charge is 0.497 e. The van der Waals surface area contributed by atoms with Crippen molar-refractivity contribution < 1.29 is 8.63 Å². The summed E-state index contributed by atoms with van der Waals surface area (Å²) in [5.41, 5.74) is 6.83. The van der Waals surface area contributed by atoms with Gasteiger partial charge >= 0.3 is 0 Å². The van der Waals surface area contributed by atoms with E-state index in [1.165, 1.54) is 5.56 Å². The van der Waals surface area contributed by atoms with Gasteiger partial charge in [-0.05, 0) is 24.3 Å². The summed E-state index contributed by atoms with van der Waals surface area (Å²) in [7, 11) is 1.68. The van der Waals surface area contributed by atoms with Crippen LogP contribution in [-0.4, -0.2) is 29.6 Å². The summed E-state index contributed by atoms with van der Waals surface area (Å²) in [4.78, 5) is 4.20. The van der Waals surface area contributed by atoms with Crippen molar-refractivity contribution in [2.75, 3.05) is 19.4 Å². The van der Waals surface area contributed by atoms with Gasteiger partial charge in [-0.3, -0.25) is 0 Å². The molecule has 96 valence electrons. The Bertz CT molecular complexity index is 430. The first-order valence-electron chi connectivity index (χ1n) is 5.85. The number of benzene rings is 1. The third kappa shape index (κ3) is 3.13. The average Bonchev–Trinajstić information content (AvgIpc) is 2.86. The van der Waals surface area contributed by atoms with Gasteiger partial charge < -0.3 is 10.5 Å². The van der Waals surface area contributed by atoms with E-state index in [9.17, 15) is 0 Å². The second-order valence-corrected chi connectivity index (χ2v) is 5.39. The molecule has 1 unspecified atom stereocenters. The minimum atomic E-state index is 0.670. The predicted octanol–water partition coefficient (Wildman–Crippen LogP) is 2.13. The number of hydrogen-bond acceptors (Lipinski definition) is 4. The smallest absolute Gasteiger partial charge is 0.206 e. The zero-order valence-electron chi connectivity index (χ0n) is 10.5. The number of rotatable bonds is 6. The van der Waals surface area contributed by atoms with Gasteiger partial charge in [-0.25, -0.2) is 4.99 Å². The van der Waals surface area contributed by atoms with Crippen molar-refractivity contribution in [3.63, 3.8) is 0 Å². The monoisotopic (exact) mass is 264 g/mol. The van der Waals surface area contributed by atoms with Gasteiger partial charge in [0.2, 0.25) is 6.34 Å². The van der Waals surface area contributed by atoms with Crippen molar-refractivity contribution in [2.24, 2.45) is 10.7 Å². The molecule has 1 heterocycles. The van der Waals surface area contributed by atoms with E-state index >= 15 is 0 Å². The molecule has 0 aliphatic carbocycles. The van der Waals surface area contributed by atoms with Crippen molar-refractivity contribution >= 4 is 18.3 Å². The first-order valence-corrected chi connectivity index (χ1v) is 6.79. The molecular weight excluding hydrogens is 246 g/mol. The van der Waals surface area contributed by atoms with E-state index in [1.54, 1.807) is 19.1 Å². The highest BCUT2D eigenvalue weighted by molar-refractivity contribution is 7.94. The summed E-state index contributed by atoms with van der Waals surface area (Å²) in [5.74, 6) is 1.79. The van der Waals surface area contributed by atoms with E-state index in [-0.39, 0.29) is 0 Å². The lowest BCUT2D eigenvalue weighted by Gasteiger charge is -2.24. The molecule has 1 atom stereocenters. The summed E-state index contributed by atoms with van der Waals surface area (Å²) >= 11 is 1.78. The molecule has 1 aromatic carbocycles. The molecule has 5 heteroatoms. The number of hydrogen-bond donors (Lipinski definition) is 1. The molecule has 1 aliphatic rings. The first-order chi connectivity index (χ1) is 8.78. The van der Waals surface area contributed by atoms with Crippen LogP contribution in [-0.2, 0) is 6.54 Å². The third-order valence-corrected chi connectivity index (χ3v) is 3.95. The van der Waals surface area contributed by atoms with Crippen LogP contribution in [0.1, 0.15) is 5.56 Å². The number of nitrogens with two attached hydrogens (primary N) is 1. The Morgan fingerprint density at radius 2 is 2.11 bits per heavy atom. The molecule has 0 saturated carbocycles. The SMILES string of the molecule is COc1ccc(C[N+]2(SCCN)C=CN=C2)cc1. The Labute approximate surface area is 112 Å². The lowest BCUT2D eigenvalue weighted by Crippen LogP contribution is -2.32. The van der Waals surface area contributed by atoms with Crippen LogP contribution in [0.4, 0.5) is 0 Å². The summed E-state index contributed by atoms with van der Waals surface area (Å²) in [6, 6.07) is 8.14. The normalized spacial score (nSPS) is 21.4. The Hall–Kier alpha value is -1.30. The molecule has 0 aromatic heterocycles. The van der Waals surface area contributed by atoms with E-state index in [2.05, 4.69) is 23.3 Å². The second kappa shape index (κ2) is 6.04. The topological polar surface area (TPSA) is 47.6 Å². The minimum Gasteiger partial charge on any atom is -0.497 e. The van der Waals surface area contributed by atoms with Crippen molar-refractivity contribution in [3.8, 4) is 5.75 Å². The van der Waals surface area contributed by atoms with Gasteiger partial charge in [0.25, 0.3) is 0 Å². The number of quaternary nitrogens is 1. The summed E-state index contributed by atoms with van der Waals surface area (Å²) in [6.07, 6.45) is 5.88. The van der Waals surface area contributed by atoms with Crippen LogP contribution < -0.4 is 10.5 Å². The van der Waals surface area contributed by atoms with Crippen molar-refractivity contribution in [1.29, 1.82) is 0 Å². The van der Waals surface area contributed by atoms with Crippen LogP contribution in [0.3, 0.4) is 0 Å². The lowest BCUT2D eigenvalue weighted by molar-refractivity contribution is -0.642. The van der Waals surface area contributed by atoms with Gasteiger partial charge in [-0.2, -0.15) is 3.89 Å². The fourth-order valence-corrected chi connectivity index (χ4v) is 2.74. The van der Waals surface area contributed by atoms with Crippen LogP contribution in [0.5, 0.6) is 5.75 Å². The molecule has 4 nitrogen and oxygen atoms in total. The number of aliphatic imine (C=N–C) groups is 1. The third-order valence-electron chi connectivity index (χ3n) is 2.71. The molecule has 0 amide bonds. The molecule has 18 heavy (non-hydrogen) atoms. The van der Waals surface area contributed by atoms with Gasteiger partial charge in [0, 0.05) is 12.1 Å². The quantitative estimate of drug-likeness (QED) is 0.632. The van der Waals surface area contributed by atoms with Gasteiger partial charge in [0.05, 0.1) is 31.0 Å². The highest BCUT2D eigenvalue weighted by Gasteiger charge is 2.28. The Balaban J connectivity index is 2.08. The molecule has 0 saturated heterocycles. The summed E-state index contributed by atoms with van der Waals surface area (Å²) < 4.78 is 5.83. The maximum absolute atomic E-state index is 5.58. The van der Waals surface area contributed by atoms with Crippen LogP contribution in [0.25, 0.3) is 0 Å². The zero-order valence-corrected chi connectivity index (χ0v) is 11.3. The average molecular weight is 264 g/mol. The van der Waals surface area contributed by atoms with Crippen molar-refractivity contribution in [3.05, 3.63) is 42.2 Å². The second-order valence-electron chi connectivity index (χ2n) is 4.04. The van der Waals surface area contributed by atoms with Gasteiger partial charge in [0.1, 0.15) is 18.5 Å². The standard InChI is InChI=1S/C13H18N3OS/c1-17-13-4-2-12(3-5-13)10-16(18-9-6-14)8-7-15-11-16/h2-5,7-8,11H,6,9-10,14H2,1H3/q+1. The van der Waals surface area contributed by atoms with Crippen LogP contribution >= 0.6 is 11.9 Å². The number of methoxy groups -OCH3 is 1. The molecule has 0 radical (unpaired) electrons. The molecule has 2 rings (SSSR count). The van der Waals surface area contributed by atoms with E-state index in [1.807, 2.05) is 24.7 Å². The molecular formula is C13H18N3OS+. The first kappa shape index (κ1) is 13.1. The maximum atomic E-state index is 5.58. The van der Waals surface area contributed by atoms with Gasteiger partial charge in [-0.1, -0.05) is 0 Å². The van der Waals surface area contributed by atoms with E-state index in [0.29, 0.717) is 10.4 Å². The Kier molecular flexibility index (Phi) is 4.41. The van der Waals surface area contributed by atoms with Crippen molar-refractivity contribution in [2.45, 2.75) is 6.54 Å². The maximum Gasteiger partial charge on any atom is 0.206 e. The highest BCUT2D eigenvalue weighted by atomic mass is 32.2. The molecule has 1 aromatic rings. The number of nitrogens with zero attached hydrogens (tertiary/aromatic N) is 2. The van der Waals surface area contributed by atoms with Crippen LogP contribution in [0, 0.1) is 0 Å². The predicted molar refractivity (Wildman–Crippen MR) is 76.1 cm³/mol. The van der Waals surface area contributed by atoms with Crippen molar-refractivity contribution in [1.82, 2.24) is 0 Å².